The molecule has 2 heterocycles. The third kappa shape index (κ3) is 3.65. The number of fused-ring (bicyclic) bond motifs is 1. The number of nitrogens with one attached hydrogen (secondary N) is 1. The van der Waals surface area contributed by atoms with Gasteiger partial charge in [-0.15, -0.1) is 0 Å². The molecule has 1 aliphatic rings. The molecule has 1 fully saturated rings. The number of aryl methyl sites for hydroxylation is 1. The van der Waals surface area contributed by atoms with Gasteiger partial charge in [0.15, 0.2) is 11.3 Å². The van der Waals surface area contributed by atoms with Crippen LogP contribution in [0.25, 0.3) is 10.9 Å². The number of amides is 3. The fourth-order valence-electron chi connectivity index (χ4n) is 4.71. The highest BCUT2D eigenvalue weighted by molar-refractivity contribution is 6.15. The van der Waals surface area contributed by atoms with Crippen molar-refractivity contribution in [2.24, 2.45) is 0 Å². The maximum Gasteiger partial charge on any atom is 0.325 e. The number of carbonyl (C=O) groups excluding carboxylic acids is 3. The Morgan fingerprint density at radius 1 is 0.886 bits per heavy atom. The van der Waals surface area contributed by atoms with Crippen LogP contribution in [-0.4, -0.2) is 33.7 Å². The number of rotatable bonds is 7. The van der Waals surface area contributed by atoms with Crippen LogP contribution in [-0.2, 0) is 16.9 Å². The number of nitriles is 1. The van der Waals surface area contributed by atoms with Gasteiger partial charge in [0, 0.05) is 29.2 Å². The Kier molecular flexibility index (Phi) is 5.63. The Labute approximate surface area is 202 Å². The van der Waals surface area contributed by atoms with Crippen molar-refractivity contribution in [2.45, 2.75) is 18.5 Å². The van der Waals surface area contributed by atoms with E-state index in [1.54, 1.807) is 30.5 Å². The summed E-state index contributed by atoms with van der Waals surface area (Å²) >= 11 is 0. The molecule has 172 valence electrons. The van der Waals surface area contributed by atoms with Gasteiger partial charge in [-0.1, -0.05) is 78.9 Å². The Morgan fingerprint density at radius 2 is 1.49 bits per heavy atom. The summed E-state index contributed by atoms with van der Waals surface area (Å²) in [4.78, 5) is 41.4. The second kappa shape index (κ2) is 8.92. The first kappa shape index (κ1) is 22.1. The molecule has 1 aliphatic heterocycles. The van der Waals surface area contributed by atoms with E-state index >= 15 is 0 Å². The molecule has 0 atom stereocenters. The number of benzene rings is 3. The third-order valence-electron chi connectivity index (χ3n) is 6.37. The molecule has 7 nitrogen and oxygen atoms in total. The van der Waals surface area contributed by atoms with Crippen LogP contribution in [0.5, 0.6) is 0 Å². The summed E-state index contributed by atoms with van der Waals surface area (Å²) in [5.41, 5.74) is 1.06. The molecule has 0 saturated carbocycles. The standard InChI is InChI=1S/C28H22N4O3/c29-16-9-17-31-18-23(22-14-7-8-15-24(22)31)25(33)19-32-26(34)28(30-27(32)35,20-10-3-1-4-11-20)21-12-5-2-6-13-21/h1-8,10-15,18H,9,17,19H2,(H,30,35). The smallest absolute Gasteiger partial charge is 0.325 e. The van der Waals surface area contributed by atoms with Gasteiger partial charge >= 0.3 is 6.03 Å². The lowest BCUT2D eigenvalue weighted by Gasteiger charge is -2.27. The lowest BCUT2D eigenvalue weighted by molar-refractivity contribution is -0.129. The Balaban J connectivity index is 1.52. The van der Waals surface area contributed by atoms with E-state index in [2.05, 4.69) is 11.4 Å². The number of imide groups is 1. The molecular formula is C28H22N4O3. The quantitative estimate of drug-likeness (QED) is 0.328. The van der Waals surface area contributed by atoms with Crippen LogP contribution in [0, 0.1) is 11.3 Å². The summed E-state index contributed by atoms with van der Waals surface area (Å²) < 4.78 is 1.86. The fourth-order valence-corrected chi connectivity index (χ4v) is 4.71. The molecule has 0 bridgehead atoms. The Hall–Kier alpha value is -4.70. The summed E-state index contributed by atoms with van der Waals surface area (Å²) in [6.07, 6.45) is 2.00. The van der Waals surface area contributed by atoms with Crippen LogP contribution >= 0.6 is 0 Å². The van der Waals surface area contributed by atoms with Crippen molar-refractivity contribution < 1.29 is 14.4 Å². The zero-order chi connectivity index (χ0) is 24.4. The van der Waals surface area contributed by atoms with Crippen LogP contribution in [0.1, 0.15) is 27.9 Å². The predicted molar refractivity (Wildman–Crippen MR) is 130 cm³/mol. The first-order valence-electron chi connectivity index (χ1n) is 11.3. The van der Waals surface area contributed by atoms with Crippen molar-refractivity contribution in [3.63, 3.8) is 0 Å². The number of Topliss-reactive ketones (excluding diaryl/α,β-unsaturated/α-hetero) is 1. The van der Waals surface area contributed by atoms with Gasteiger partial charge in [0.25, 0.3) is 5.91 Å². The minimum Gasteiger partial charge on any atom is -0.346 e. The van der Waals surface area contributed by atoms with E-state index in [0.717, 1.165) is 15.8 Å². The predicted octanol–water partition coefficient (Wildman–Crippen LogP) is 4.23. The number of hydrogen-bond donors (Lipinski definition) is 1. The van der Waals surface area contributed by atoms with Gasteiger partial charge in [-0.25, -0.2) is 4.79 Å². The largest absolute Gasteiger partial charge is 0.346 e. The summed E-state index contributed by atoms with van der Waals surface area (Å²) in [6.45, 7) is 0.0525. The van der Waals surface area contributed by atoms with Crippen LogP contribution in [0.4, 0.5) is 4.79 Å². The molecular weight excluding hydrogens is 440 g/mol. The molecule has 5 rings (SSSR count). The highest BCUT2D eigenvalue weighted by Crippen LogP contribution is 2.36. The van der Waals surface area contributed by atoms with Crippen molar-refractivity contribution in [3.05, 3.63) is 108 Å². The van der Waals surface area contributed by atoms with Crippen molar-refractivity contribution in [1.29, 1.82) is 5.26 Å². The van der Waals surface area contributed by atoms with Gasteiger partial charge in [-0.2, -0.15) is 5.26 Å². The zero-order valence-corrected chi connectivity index (χ0v) is 18.8. The number of hydrogen-bond acceptors (Lipinski definition) is 4. The lowest BCUT2D eigenvalue weighted by atomic mass is 9.82. The molecule has 4 aromatic rings. The molecule has 1 aromatic heterocycles. The van der Waals surface area contributed by atoms with Gasteiger partial charge in [-0.3, -0.25) is 14.5 Å². The van der Waals surface area contributed by atoms with Gasteiger partial charge in [0.05, 0.1) is 19.0 Å². The monoisotopic (exact) mass is 462 g/mol. The number of ketones is 1. The Bertz CT molecular complexity index is 1430. The van der Waals surface area contributed by atoms with E-state index in [9.17, 15) is 14.4 Å². The molecule has 0 spiro atoms. The zero-order valence-electron chi connectivity index (χ0n) is 18.8. The van der Waals surface area contributed by atoms with Crippen molar-refractivity contribution in [1.82, 2.24) is 14.8 Å². The van der Waals surface area contributed by atoms with Gasteiger partial charge in [0.1, 0.15) is 0 Å². The van der Waals surface area contributed by atoms with E-state index in [1.165, 1.54) is 0 Å². The summed E-state index contributed by atoms with van der Waals surface area (Å²) in [5.74, 6) is -0.848. The molecule has 3 amide bonds. The lowest BCUT2D eigenvalue weighted by Crippen LogP contribution is -2.45. The highest BCUT2D eigenvalue weighted by Gasteiger charge is 2.54. The van der Waals surface area contributed by atoms with Crippen LogP contribution < -0.4 is 5.32 Å². The third-order valence-corrected chi connectivity index (χ3v) is 6.37. The van der Waals surface area contributed by atoms with Crippen LogP contribution in [0.3, 0.4) is 0 Å². The highest BCUT2D eigenvalue weighted by atomic mass is 16.2. The second-order valence-electron chi connectivity index (χ2n) is 8.39. The van der Waals surface area contributed by atoms with E-state index < -0.39 is 24.0 Å². The van der Waals surface area contributed by atoms with Gasteiger partial charge in [-0.05, 0) is 17.2 Å². The maximum absolute atomic E-state index is 13.9. The first-order valence-corrected chi connectivity index (χ1v) is 11.3. The fraction of sp³-hybridized carbons (Fsp3) is 0.143. The van der Waals surface area contributed by atoms with Crippen molar-refractivity contribution >= 4 is 28.6 Å². The van der Waals surface area contributed by atoms with Gasteiger partial charge in [0.2, 0.25) is 0 Å². The van der Waals surface area contributed by atoms with E-state index in [4.69, 9.17) is 5.26 Å². The van der Waals surface area contributed by atoms with Crippen molar-refractivity contribution in [3.8, 4) is 6.07 Å². The summed E-state index contributed by atoms with van der Waals surface area (Å²) in [7, 11) is 0. The average Bonchev–Trinajstić information content (AvgIpc) is 3.39. The number of carbonyl (C=O) groups is 3. The number of aromatic nitrogens is 1. The van der Waals surface area contributed by atoms with E-state index in [1.807, 2.05) is 65.2 Å². The first-order chi connectivity index (χ1) is 17.1. The molecule has 3 aromatic carbocycles. The maximum atomic E-state index is 13.9. The number of nitrogens with zero attached hydrogens (tertiary/aromatic N) is 3. The van der Waals surface area contributed by atoms with Crippen molar-refractivity contribution in [2.75, 3.05) is 6.54 Å². The molecule has 1 N–H and O–H groups in total. The number of para-hydroxylation sites is 1. The van der Waals surface area contributed by atoms with Crippen LogP contribution in [0.2, 0.25) is 0 Å². The minimum atomic E-state index is -1.42. The second-order valence-corrected chi connectivity index (χ2v) is 8.39. The minimum absolute atomic E-state index is 0.302. The molecule has 0 radical (unpaired) electrons. The summed E-state index contributed by atoms with van der Waals surface area (Å²) in [5, 5.41) is 12.6. The van der Waals surface area contributed by atoms with Crippen LogP contribution in [0.15, 0.2) is 91.1 Å². The van der Waals surface area contributed by atoms with E-state index in [-0.39, 0.29) is 5.78 Å². The molecule has 1 saturated heterocycles. The molecule has 0 aliphatic carbocycles. The Morgan fingerprint density at radius 3 is 2.11 bits per heavy atom. The number of urea groups is 1. The molecule has 35 heavy (non-hydrogen) atoms. The van der Waals surface area contributed by atoms with E-state index in [0.29, 0.717) is 29.7 Å². The molecule has 7 heteroatoms. The topological polar surface area (TPSA) is 95.2 Å². The average molecular weight is 463 g/mol. The SMILES string of the molecule is N#CCCn1cc(C(=O)CN2C(=O)NC(c3ccccc3)(c3ccccc3)C2=O)c2ccccc21. The van der Waals surface area contributed by atoms with Gasteiger partial charge < -0.3 is 9.88 Å². The molecule has 0 unspecified atom stereocenters. The summed E-state index contributed by atoms with van der Waals surface area (Å²) in [6, 6.07) is 27.0. The normalized spacial score (nSPS) is 14.7.